The lowest BCUT2D eigenvalue weighted by Crippen LogP contribution is -2.56. The van der Waals surface area contributed by atoms with E-state index in [9.17, 15) is 14.9 Å². The molecular formula is C14H10ClN7O3S. The Balaban J connectivity index is 1.57. The number of β-lactam (4-membered cyclic amide) rings is 1. The molecule has 10 nitrogen and oxygen atoms in total. The maximum absolute atomic E-state index is 12.2. The lowest BCUT2D eigenvalue weighted by Gasteiger charge is -2.42. The quantitative estimate of drug-likeness (QED) is 0.281. The lowest BCUT2D eigenvalue weighted by molar-refractivity contribution is -0.384. The van der Waals surface area contributed by atoms with Crippen LogP contribution < -0.4 is 4.90 Å². The number of hydrogen-bond donors (Lipinski definition) is 0. The minimum atomic E-state index is -0.751. The molecule has 1 fully saturated rings. The van der Waals surface area contributed by atoms with Crippen molar-refractivity contribution in [1.82, 2.24) is 25.0 Å². The molecule has 132 valence electrons. The van der Waals surface area contributed by atoms with Crippen LogP contribution in [0.1, 0.15) is 16.6 Å². The van der Waals surface area contributed by atoms with Gasteiger partial charge in [-0.3, -0.25) is 19.8 Å². The number of amides is 1. The Bertz CT molecular complexity index is 959. The van der Waals surface area contributed by atoms with Gasteiger partial charge >= 0.3 is 0 Å². The van der Waals surface area contributed by atoms with Crippen molar-refractivity contribution in [3.05, 3.63) is 57.6 Å². The highest BCUT2D eigenvalue weighted by Crippen LogP contribution is 2.43. The summed E-state index contributed by atoms with van der Waals surface area (Å²) in [6.45, 7) is 0.395. The number of non-ortho nitro benzene ring substituents is 1. The number of nitro groups is 1. The van der Waals surface area contributed by atoms with E-state index in [-0.39, 0.29) is 11.6 Å². The number of nitro benzene ring substituents is 1. The van der Waals surface area contributed by atoms with Gasteiger partial charge in [-0.25, -0.2) is 9.67 Å². The molecule has 26 heavy (non-hydrogen) atoms. The summed E-state index contributed by atoms with van der Waals surface area (Å²) in [5.41, 5.74) is 0.673. The molecule has 3 heterocycles. The van der Waals surface area contributed by atoms with Gasteiger partial charge in [0.2, 0.25) is 11.0 Å². The fourth-order valence-corrected chi connectivity index (χ4v) is 3.87. The van der Waals surface area contributed by atoms with E-state index in [1.54, 1.807) is 23.1 Å². The summed E-state index contributed by atoms with van der Waals surface area (Å²) in [5.74, 6) is -0.279. The van der Waals surface area contributed by atoms with Crippen LogP contribution in [0.25, 0.3) is 0 Å². The molecule has 1 aromatic carbocycles. The molecule has 1 amide bonds. The first-order valence-electron chi connectivity index (χ1n) is 7.41. The molecule has 0 spiro atoms. The number of hydrogen-bond acceptors (Lipinski definition) is 8. The summed E-state index contributed by atoms with van der Waals surface area (Å²) in [5, 5.41) is 23.3. The van der Waals surface area contributed by atoms with E-state index in [4.69, 9.17) is 11.6 Å². The summed E-state index contributed by atoms with van der Waals surface area (Å²) in [4.78, 5) is 27.9. The number of rotatable bonds is 5. The average molecular weight is 392 g/mol. The van der Waals surface area contributed by atoms with Gasteiger partial charge < -0.3 is 0 Å². The van der Waals surface area contributed by atoms with Crippen molar-refractivity contribution in [3.63, 3.8) is 0 Å². The first-order chi connectivity index (χ1) is 12.5. The second-order valence-electron chi connectivity index (χ2n) is 5.47. The van der Waals surface area contributed by atoms with Crippen LogP contribution in [0.4, 0.5) is 10.8 Å². The Kier molecular flexibility index (Phi) is 4.09. The third-order valence-electron chi connectivity index (χ3n) is 3.90. The van der Waals surface area contributed by atoms with Crippen molar-refractivity contribution in [2.75, 3.05) is 4.90 Å². The molecule has 1 saturated heterocycles. The zero-order valence-electron chi connectivity index (χ0n) is 13.0. The Labute approximate surface area is 155 Å². The summed E-state index contributed by atoms with van der Waals surface area (Å²) in [6.07, 6.45) is 2.98. The Morgan fingerprint density at radius 1 is 1.27 bits per heavy atom. The van der Waals surface area contributed by atoms with E-state index in [0.29, 0.717) is 22.2 Å². The van der Waals surface area contributed by atoms with E-state index in [1.807, 2.05) is 0 Å². The molecule has 0 aliphatic carbocycles. The van der Waals surface area contributed by atoms with Crippen molar-refractivity contribution < 1.29 is 9.72 Å². The van der Waals surface area contributed by atoms with Gasteiger partial charge in [-0.2, -0.15) is 5.10 Å². The first-order valence-corrected chi connectivity index (χ1v) is 8.66. The highest BCUT2D eigenvalue weighted by molar-refractivity contribution is 7.15. The molecule has 2 unspecified atom stereocenters. The van der Waals surface area contributed by atoms with Crippen LogP contribution in [-0.4, -0.2) is 41.2 Å². The van der Waals surface area contributed by atoms with E-state index >= 15 is 0 Å². The van der Waals surface area contributed by atoms with E-state index < -0.39 is 16.3 Å². The summed E-state index contributed by atoms with van der Waals surface area (Å²) in [7, 11) is 0. The molecule has 2 atom stereocenters. The number of carbonyl (C=O) groups is 1. The second kappa shape index (κ2) is 6.42. The predicted molar refractivity (Wildman–Crippen MR) is 92.0 cm³/mol. The maximum Gasteiger partial charge on any atom is 0.269 e. The molecule has 0 radical (unpaired) electrons. The Morgan fingerprint density at radius 2 is 2.04 bits per heavy atom. The molecule has 0 saturated carbocycles. The minimum absolute atomic E-state index is 0.0249. The molecule has 1 aliphatic rings. The standard InChI is InChI=1S/C14H10ClN7O3S/c15-11-12(8-1-3-9(4-2-8)22(24)25)21(13(11)23)14-19-18-10(26-14)5-20-7-16-6-17-20/h1-4,6-7,11-12H,5H2. The lowest BCUT2D eigenvalue weighted by atomic mass is 9.94. The molecule has 2 aromatic heterocycles. The second-order valence-corrected chi connectivity index (χ2v) is 6.99. The van der Waals surface area contributed by atoms with Crippen molar-refractivity contribution in [2.45, 2.75) is 18.0 Å². The van der Waals surface area contributed by atoms with Crippen LogP contribution in [0.15, 0.2) is 36.9 Å². The average Bonchev–Trinajstić information content (AvgIpc) is 3.31. The zero-order valence-corrected chi connectivity index (χ0v) is 14.5. The zero-order chi connectivity index (χ0) is 18.3. The van der Waals surface area contributed by atoms with Crippen LogP contribution in [0.5, 0.6) is 0 Å². The van der Waals surface area contributed by atoms with Crippen molar-refractivity contribution in [2.24, 2.45) is 0 Å². The molecule has 1 aliphatic heterocycles. The minimum Gasteiger partial charge on any atom is -0.276 e. The monoisotopic (exact) mass is 391 g/mol. The number of anilines is 1. The van der Waals surface area contributed by atoms with Crippen LogP contribution >= 0.6 is 22.9 Å². The van der Waals surface area contributed by atoms with Crippen LogP contribution in [0.2, 0.25) is 0 Å². The van der Waals surface area contributed by atoms with Crippen molar-refractivity contribution >= 4 is 39.7 Å². The van der Waals surface area contributed by atoms with Crippen LogP contribution in [0, 0.1) is 10.1 Å². The number of carbonyl (C=O) groups excluding carboxylic acids is 1. The maximum atomic E-state index is 12.2. The largest absolute Gasteiger partial charge is 0.276 e. The molecule has 12 heteroatoms. The summed E-state index contributed by atoms with van der Waals surface area (Å²) >= 11 is 7.43. The molecule has 4 rings (SSSR count). The van der Waals surface area contributed by atoms with Gasteiger partial charge in [0.25, 0.3) is 5.69 Å². The molecule has 0 N–H and O–H groups in total. The van der Waals surface area contributed by atoms with Crippen LogP contribution in [0.3, 0.4) is 0 Å². The normalized spacial score (nSPS) is 19.4. The van der Waals surface area contributed by atoms with Gasteiger partial charge in [-0.05, 0) is 5.56 Å². The van der Waals surface area contributed by atoms with Crippen molar-refractivity contribution in [3.8, 4) is 0 Å². The van der Waals surface area contributed by atoms with E-state index in [0.717, 1.165) is 0 Å². The van der Waals surface area contributed by atoms with Gasteiger partial charge in [-0.1, -0.05) is 23.5 Å². The Morgan fingerprint density at radius 3 is 2.69 bits per heavy atom. The highest BCUT2D eigenvalue weighted by atomic mass is 35.5. The fraction of sp³-hybridized carbons (Fsp3) is 0.214. The highest BCUT2D eigenvalue weighted by Gasteiger charge is 2.49. The predicted octanol–water partition coefficient (Wildman–Crippen LogP) is 1.78. The molecule has 0 bridgehead atoms. The number of alkyl halides is 1. The number of halogens is 1. The van der Waals surface area contributed by atoms with Gasteiger partial charge in [0, 0.05) is 12.1 Å². The number of nitrogens with zero attached hydrogens (tertiary/aromatic N) is 7. The molecule has 3 aromatic rings. The number of aromatic nitrogens is 5. The number of benzene rings is 1. The van der Waals surface area contributed by atoms with Gasteiger partial charge in [0.15, 0.2) is 0 Å². The third-order valence-corrected chi connectivity index (χ3v) is 5.23. The smallest absolute Gasteiger partial charge is 0.269 e. The third kappa shape index (κ3) is 2.80. The van der Waals surface area contributed by atoms with Crippen molar-refractivity contribution in [1.29, 1.82) is 0 Å². The van der Waals surface area contributed by atoms with Gasteiger partial charge in [0.05, 0.1) is 17.5 Å². The first kappa shape index (κ1) is 16.5. The van der Waals surface area contributed by atoms with Gasteiger partial charge in [-0.15, -0.1) is 21.8 Å². The SMILES string of the molecule is O=C1C(Cl)C(c2ccc([N+](=O)[O-])cc2)N1c1nnc(Cn2cncn2)s1. The van der Waals surface area contributed by atoms with Gasteiger partial charge in [0.1, 0.15) is 23.0 Å². The van der Waals surface area contributed by atoms with Crippen LogP contribution in [-0.2, 0) is 11.3 Å². The summed E-state index contributed by atoms with van der Waals surface area (Å²) in [6, 6.07) is 5.51. The fourth-order valence-electron chi connectivity index (χ4n) is 2.64. The van der Waals surface area contributed by atoms with E-state index in [2.05, 4.69) is 20.3 Å². The molecular weight excluding hydrogens is 382 g/mol. The Hall–Kier alpha value is -2.92. The van der Waals surface area contributed by atoms with E-state index in [1.165, 1.54) is 34.7 Å². The summed E-state index contributed by atoms with van der Waals surface area (Å²) < 4.78 is 1.60. The topological polar surface area (TPSA) is 120 Å².